The summed E-state index contributed by atoms with van der Waals surface area (Å²) in [5.74, 6) is -0.965. The Kier molecular flexibility index (Phi) is 5.55. The summed E-state index contributed by atoms with van der Waals surface area (Å²) in [6, 6.07) is 8.15. The van der Waals surface area contributed by atoms with Crippen molar-refractivity contribution in [1.82, 2.24) is 4.90 Å². The largest absolute Gasteiger partial charge is 0.481 e. The average Bonchev–Trinajstić information content (AvgIpc) is 2.54. The highest BCUT2D eigenvalue weighted by Crippen LogP contribution is 2.20. The van der Waals surface area contributed by atoms with Crippen molar-refractivity contribution in [2.24, 2.45) is 0 Å². The normalized spacial score (nSPS) is 18.8. The van der Waals surface area contributed by atoms with E-state index in [1.54, 1.807) is 31.2 Å². The fraction of sp³-hybridized carbons (Fsp3) is 0.438. The van der Waals surface area contributed by atoms with Gasteiger partial charge in [0.1, 0.15) is 11.8 Å². The molecule has 1 heterocycles. The first-order chi connectivity index (χ1) is 11.0. The van der Waals surface area contributed by atoms with E-state index >= 15 is 0 Å². The molecule has 1 aliphatic rings. The molecule has 1 aromatic carbocycles. The van der Waals surface area contributed by atoms with E-state index in [1.807, 2.05) is 6.07 Å². The van der Waals surface area contributed by atoms with E-state index in [-0.39, 0.29) is 18.9 Å². The third-order valence-corrected chi connectivity index (χ3v) is 3.58. The molecule has 0 saturated carbocycles. The number of nitrogens with zero attached hydrogens (tertiary/aromatic N) is 2. The van der Waals surface area contributed by atoms with E-state index in [0.29, 0.717) is 24.5 Å². The zero-order chi connectivity index (χ0) is 16.8. The van der Waals surface area contributed by atoms with Crippen molar-refractivity contribution >= 4 is 11.9 Å². The van der Waals surface area contributed by atoms with Crippen molar-refractivity contribution in [2.45, 2.75) is 25.5 Å². The maximum absolute atomic E-state index is 12.6. The minimum atomic E-state index is -0.985. The second-order valence-corrected chi connectivity index (χ2v) is 5.23. The third-order valence-electron chi connectivity index (χ3n) is 3.58. The monoisotopic (exact) mass is 318 g/mol. The number of rotatable bonds is 5. The third kappa shape index (κ3) is 4.20. The number of benzene rings is 1. The number of amides is 1. The summed E-state index contributed by atoms with van der Waals surface area (Å²) in [5.41, 5.74) is 0.344. The fourth-order valence-corrected chi connectivity index (χ4v) is 2.45. The Balaban J connectivity index is 2.08. The van der Waals surface area contributed by atoms with Gasteiger partial charge in [-0.3, -0.25) is 9.59 Å². The first kappa shape index (κ1) is 16.8. The second kappa shape index (κ2) is 7.61. The molecule has 23 heavy (non-hydrogen) atoms. The molecule has 1 aliphatic heterocycles. The highest BCUT2D eigenvalue weighted by atomic mass is 16.5. The number of carboxylic acids is 1. The van der Waals surface area contributed by atoms with Gasteiger partial charge in [0.15, 0.2) is 6.10 Å². The smallest absolute Gasteiger partial charge is 0.305 e. The van der Waals surface area contributed by atoms with Crippen molar-refractivity contribution in [3.8, 4) is 11.8 Å². The van der Waals surface area contributed by atoms with Gasteiger partial charge < -0.3 is 19.5 Å². The predicted octanol–water partition coefficient (Wildman–Crippen LogP) is 1.03. The van der Waals surface area contributed by atoms with E-state index in [4.69, 9.17) is 19.8 Å². The molecule has 1 fully saturated rings. The Labute approximate surface area is 134 Å². The van der Waals surface area contributed by atoms with Crippen LogP contribution in [0.1, 0.15) is 18.9 Å². The summed E-state index contributed by atoms with van der Waals surface area (Å²) < 4.78 is 10.9. The highest BCUT2D eigenvalue weighted by molar-refractivity contribution is 5.82. The summed E-state index contributed by atoms with van der Waals surface area (Å²) in [7, 11) is 0. The summed E-state index contributed by atoms with van der Waals surface area (Å²) in [6.07, 6.45) is -0.994. The molecule has 1 saturated heterocycles. The first-order valence-corrected chi connectivity index (χ1v) is 7.28. The van der Waals surface area contributed by atoms with Crippen molar-refractivity contribution < 1.29 is 24.2 Å². The van der Waals surface area contributed by atoms with Crippen LogP contribution >= 0.6 is 0 Å². The van der Waals surface area contributed by atoms with Crippen LogP contribution in [0.2, 0.25) is 0 Å². The van der Waals surface area contributed by atoms with Gasteiger partial charge in [0.05, 0.1) is 31.2 Å². The molecule has 122 valence electrons. The first-order valence-electron chi connectivity index (χ1n) is 7.28. The predicted molar refractivity (Wildman–Crippen MR) is 79.8 cm³/mol. The van der Waals surface area contributed by atoms with E-state index in [1.165, 1.54) is 4.90 Å². The van der Waals surface area contributed by atoms with Gasteiger partial charge in [0.25, 0.3) is 5.91 Å². The topological polar surface area (TPSA) is 99.9 Å². The fourth-order valence-electron chi connectivity index (χ4n) is 2.45. The molecule has 0 radical (unpaired) electrons. The highest BCUT2D eigenvalue weighted by Gasteiger charge is 2.32. The Morgan fingerprint density at radius 3 is 2.96 bits per heavy atom. The molecule has 0 spiro atoms. The van der Waals surface area contributed by atoms with Crippen LogP contribution in [-0.4, -0.2) is 53.8 Å². The van der Waals surface area contributed by atoms with Crippen LogP contribution < -0.4 is 4.74 Å². The van der Waals surface area contributed by atoms with Gasteiger partial charge >= 0.3 is 5.97 Å². The summed E-state index contributed by atoms with van der Waals surface area (Å²) in [4.78, 5) is 25.0. The lowest BCUT2D eigenvalue weighted by Crippen LogP contribution is -2.53. The van der Waals surface area contributed by atoms with Crippen LogP contribution in [0.25, 0.3) is 0 Å². The number of carbonyl (C=O) groups excluding carboxylic acids is 1. The van der Waals surface area contributed by atoms with E-state index in [9.17, 15) is 9.59 Å². The number of aliphatic carboxylic acids is 1. The van der Waals surface area contributed by atoms with Crippen LogP contribution in [0, 0.1) is 11.3 Å². The molecule has 1 N–H and O–H groups in total. The molecule has 0 aliphatic carbocycles. The number of nitriles is 1. The molecule has 2 unspecified atom stereocenters. The molecule has 1 aromatic rings. The summed E-state index contributed by atoms with van der Waals surface area (Å²) in [6.45, 7) is 2.47. The Morgan fingerprint density at radius 1 is 1.52 bits per heavy atom. The van der Waals surface area contributed by atoms with Gasteiger partial charge in [-0.15, -0.1) is 0 Å². The molecule has 2 atom stereocenters. The SMILES string of the molecule is CC(Oc1ccccc1C#N)C(=O)N1CCOCC1CC(=O)O. The summed E-state index contributed by atoms with van der Waals surface area (Å²) in [5, 5.41) is 18.0. The maximum atomic E-state index is 12.6. The zero-order valence-corrected chi connectivity index (χ0v) is 12.8. The van der Waals surface area contributed by atoms with Crippen molar-refractivity contribution in [1.29, 1.82) is 5.26 Å². The van der Waals surface area contributed by atoms with Crippen LogP contribution in [-0.2, 0) is 14.3 Å². The molecular weight excluding hydrogens is 300 g/mol. The number of hydrogen-bond acceptors (Lipinski definition) is 5. The van der Waals surface area contributed by atoms with Crippen LogP contribution in [0.15, 0.2) is 24.3 Å². The second-order valence-electron chi connectivity index (χ2n) is 5.23. The van der Waals surface area contributed by atoms with Gasteiger partial charge in [0, 0.05) is 6.54 Å². The number of para-hydroxylation sites is 1. The number of carbonyl (C=O) groups is 2. The number of ether oxygens (including phenoxy) is 2. The quantitative estimate of drug-likeness (QED) is 0.870. The van der Waals surface area contributed by atoms with Gasteiger partial charge in [-0.05, 0) is 19.1 Å². The lowest BCUT2D eigenvalue weighted by Gasteiger charge is -2.36. The average molecular weight is 318 g/mol. The van der Waals surface area contributed by atoms with Gasteiger partial charge in [0.2, 0.25) is 0 Å². The number of carboxylic acid groups (broad SMARTS) is 1. The minimum absolute atomic E-state index is 0.173. The van der Waals surface area contributed by atoms with Crippen LogP contribution in [0.4, 0.5) is 0 Å². The Bertz CT molecular complexity index is 625. The Morgan fingerprint density at radius 2 is 2.26 bits per heavy atom. The lowest BCUT2D eigenvalue weighted by molar-refractivity contribution is -0.150. The van der Waals surface area contributed by atoms with E-state index in [2.05, 4.69) is 0 Å². The zero-order valence-electron chi connectivity index (χ0n) is 12.8. The number of hydrogen-bond donors (Lipinski definition) is 1. The number of morpholine rings is 1. The van der Waals surface area contributed by atoms with Gasteiger partial charge in [-0.2, -0.15) is 5.26 Å². The van der Waals surface area contributed by atoms with Crippen molar-refractivity contribution in [3.05, 3.63) is 29.8 Å². The molecular formula is C16H18N2O5. The van der Waals surface area contributed by atoms with Crippen LogP contribution in [0.3, 0.4) is 0 Å². The lowest BCUT2D eigenvalue weighted by atomic mass is 10.1. The Hall–Kier alpha value is -2.59. The maximum Gasteiger partial charge on any atom is 0.305 e. The molecule has 1 amide bonds. The van der Waals surface area contributed by atoms with Crippen molar-refractivity contribution in [2.75, 3.05) is 19.8 Å². The summed E-state index contributed by atoms with van der Waals surface area (Å²) >= 11 is 0. The van der Waals surface area contributed by atoms with E-state index in [0.717, 1.165) is 0 Å². The molecule has 7 nitrogen and oxygen atoms in total. The molecule has 7 heteroatoms. The van der Waals surface area contributed by atoms with E-state index < -0.39 is 18.1 Å². The minimum Gasteiger partial charge on any atom is -0.481 e. The molecule has 0 bridgehead atoms. The van der Waals surface area contributed by atoms with Gasteiger partial charge in [-0.1, -0.05) is 12.1 Å². The standard InChI is InChI=1S/C16H18N2O5/c1-11(23-14-5-3-2-4-12(14)9-17)16(21)18-6-7-22-10-13(18)8-15(19)20/h2-5,11,13H,6-8,10H2,1H3,(H,19,20). The van der Waals surface area contributed by atoms with Crippen molar-refractivity contribution in [3.63, 3.8) is 0 Å². The molecule has 2 rings (SSSR count). The molecule has 0 aromatic heterocycles. The van der Waals surface area contributed by atoms with Crippen LogP contribution in [0.5, 0.6) is 5.75 Å². The van der Waals surface area contributed by atoms with Gasteiger partial charge in [-0.25, -0.2) is 0 Å².